The molecule has 1 unspecified atom stereocenters. The molecule has 1 heterocycles. The zero-order chi connectivity index (χ0) is 16.3. The van der Waals surface area contributed by atoms with E-state index in [0.717, 1.165) is 10.2 Å². The van der Waals surface area contributed by atoms with Crippen molar-refractivity contribution in [2.24, 2.45) is 0 Å². The monoisotopic (exact) mass is 359 g/mol. The summed E-state index contributed by atoms with van der Waals surface area (Å²) in [6.07, 6.45) is 1.22. The topological polar surface area (TPSA) is 64.0 Å². The molecule has 0 aliphatic carbocycles. The molecule has 0 saturated heterocycles. The van der Waals surface area contributed by atoms with Gasteiger partial charge in [-0.3, -0.25) is 9.59 Å². The molecule has 1 aromatic carbocycles. The van der Waals surface area contributed by atoms with E-state index in [0.29, 0.717) is 5.02 Å². The molecule has 0 spiro atoms. The maximum atomic E-state index is 12.0. The summed E-state index contributed by atoms with van der Waals surface area (Å²) in [6.45, 7) is 1.54. The van der Waals surface area contributed by atoms with Crippen LogP contribution in [0.4, 0.5) is 0 Å². The number of rotatable bonds is 4. The molecule has 0 fully saturated rings. The van der Waals surface area contributed by atoms with Crippen LogP contribution in [0.1, 0.15) is 18.5 Å². The summed E-state index contributed by atoms with van der Waals surface area (Å²) < 4.78 is 0.947. The second-order valence-electron chi connectivity index (χ2n) is 4.58. The van der Waals surface area contributed by atoms with Crippen molar-refractivity contribution in [2.75, 3.05) is 0 Å². The third kappa shape index (κ3) is 3.80. The van der Waals surface area contributed by atoms with Crippen LogP contribution in [-0.2, 0) is 11.3 Å². The van der Waals surface area contributed by atoms with E-state index in [1.54, 1.807) is 19.1 Å². The van der Waals surface area contributed by atoms with E-state index in [-0.39, 0.29) is 28.5 Å². The maximum absolute atomic E-state index is 12.0. The second kappa shape index (κ2) is 7.13. The van der Waals surface area contributed by atoms with Crippen molar-refractivity contribution in [1.82, 2.24) is 15.1 Å². The number of hydrogen-bond acceptors (Lipinski definition) is 3. The smallest absolute Gasteiger partial charge is 0.287 e. The molecule has 1 atom stereocenters. The van der Waals surface area contributed by atoms with Crippen molar-refractivity contribution in [1.29, 1.82) is 0 Å². The summed E-state index contributed by atoms with van der Waals surface area (Å²) >= 11 is 17.5. The van der Waals surface area contributed by atoms with E-state index in [1.807, 2.05) is 12.1 Å². The van der Waals surface area contributed by atoms with E-state index in [1.165, 1.54) is 6.20 Å². The Morgan fingerprint density at radius 2 is 1.95 bits per heavy atom. The average molecular weight is 361 g/mol. The first-order valence-electron chi connectivity index (χ1n) is 6.35. The minimum atomic E-state index is -0.616. The van der Waals surface area contributed by atoms with E-state index in [4.69, 9.17) is 34.8 Å². The van der Waals surface area contributed by atoms with Crippen molar-refractivity contribution in [3.8, 4) is 0 Å². The minimum absolute atomic E-state index is 0.0489. The van der Waals surface area contributed by atoms with Gasteiger partial charge in [-0.15, -0.1) is 0 Å². The van der Waals surface area contributed by atoms with Gasteiger partial charge in [-0.25, -0.2) is 4.68 Å². The van der Waals surface area contributed by atoms with Gasteiger partial charge < -0.3 is 5.32 Å². The first kappa shape index (κ1) is 16.8. The van der Waals surface area contributed by atoms with Gasteiger partial charge in [-0.1, -0.05) is 53.0 Å². The Morgan fingerprint density at radius 3 is 2.64 bits per heavy atom. The highest BCUT2D eigenvalue weighted by Crippen LogP contribution is 2.22. The summed E-state index contributed by atoms with van der Waals surface area (Å²) in [6, 6.07) is 6.88. The Kier molecular flexibility index (Phi) is 5.45. The third-order valence-electron chi connectivity index (χ3n) is 2.98. The van der Waals surface area contributed by atoms with E-state index >= 15 is 0 Å². The lowest BCUT2D eigenvalue weighted by Crippen LogP contribution is -2.35. The zero-order valence-electron chi connectivity index (χ0n) is 11.5. The number of aromatic nitrogens is 2. The highest BCUT2D eigenvalue weighted by atomic mass is 35.5. The molecule has 22 heavy (non-hydrogen) atoms. The molecular weight excluding hydrogens is 349 g/mol. The van der Waals surface area contributed by atoms with Crippen LogP contribution < -0.4 is 10.9 Å². The van der Waals surface area contributed by atoms with Crippen LogP contribution in [0.5, 0.6) is 0 Å². The quantitative estimate of drug-likeness (QED) is 0.911. The molecule has 0 aliphatic rings. The van der Waals surface area contributed by atoms with Crippen LogP contribution >= 0.6 is 34.8 Å². The molecule has 0 bridgehead atoms. The standard InChI is InChI=1S/C14H12Cl3N3O2/c1-8(9-4-2-3-5-10(9)15)19-12(21)7-20-14(22)13(17)11(16)6-18-20/h2-6,8H,7H2,1H3,(H,19,21). The lowest BCUT2D eigenvalue weighted by molar-refractivity contribution is -0.122. The van der Waals surface area contributed by atoms with E-state index in [9.17, 15) is 9.59 Å². The predicted octanol–water partition coefficient (Wildman–Crippen LogP) is 3.08. The maximum Gasteiger partial charge on any atom is 0.287 e. The Balaban J connectivity index is 2.09. The number of benzene rings is 1. The van der Waals surface area contributed by atoms with Crippen LogP contribution in [0, 0.1) is 0 Å². The van der Waals surface area contributed by atoms with Crippen LogP contribution in [-0.4, -0.2) is 15.7 Å². The SMILES string of the molecule is CC(NC(=O)Cn1ncc(Cl)c(Cl)c1=O)c1ccccc1Cl. The first-order valence-corrected chi connectivity index (χ1v) is 7.48. The molecule has 8 heteroatoms. The summed E-state index contributed by atoms with van der Waals surface area (Å²) in [7, 11) is 0. The summed E-state index contributed by atoms with van der Waals surface area (Å²) in [5.74, 6) is -0.389. The van der Waals surface area contributed by atoms with Crippen LogP contribution in [0.2, 0.25) is 15.1 Å². The molecule has 1 amide bonds. The number of halogens is 3. The Labute approximate surface area is 141 Å². The zero-order valence-corrected chi connectivity index (χ0v) is 13.8. The second-order valence-corrected chi connectivity index (χ2v) is 5.77. The number of carbonyl (C=O) groups is 1. The van der Waals surface area contributed by atoms with E-state index < -0.39 is 5.56 Å². The van der Waals surface area contributed by atoms with Crippen molar-refractivity contribution in [2.45, 2.75) is 19.5 Å². The molecule has 0 aliphatic heterocycles. The van der Waals surface area contributed by atoms with Crippen LogP contribution in [0.3, 0.4) is 0 Å². The van der Waals surface area contributed by atoms with E-state index in [2.05, 4.69) is 10.4 Å². The molecule has 0 saturated carbocycles. The number of carbonyl (C=O) groups excluding carboxylic acids is 1. The highest BCUT2D eigenvalue weighted by Gasteiger charge is 2.15. The van der Waals surface area contributed by atoms with Crippen molar-refractivity contribution >= 4 is 40.7 Å². The fourth-order valence-electron chi connectivity index (χ4n) is 1.88. The van der Waals surface area contributed by atoms with Crippen molar-refractivity contribution in [3.05, 3.63) is 61.4 Å². The van der Waals surface area contributed by atoms with Crippen molar-refractivity contribution < 1.29 is 4.79 Å². The fourth-order valence-corrected chi connectivity index (χ4v) is 2.45. The molecule has 2 aromatic rings. The summed E-state index contributed by atoms with van der Waals surface area (Å²) in [5, 5.41) is 6.97. The highest BCUT2D eigenvalue weighted by molar-refractivity contribution is 6.41. The number of hydrogen-bond donors (Lipinski definition) is 1. The average Bonchev–Trinajstić information content (AvgIpc) is 2.48. The Bertz CT molecular complexity index is 761. The van der Waals surface area contributed by atoms with Crippen molar-refractivity contribution in [3.63, 3.8) is 0 Å². The number of amides is 1. The molecule has 5 nitrogen and oxygen atoms in total. The molecule has 2 rings (SSSR count). The minimum Gasteiger partial charge on any atom is -0.348 e. The van der Waals surface area contributed by atoms with Gasteiger partial charge >= 0.3 is 0 Å². The third-order valence-corrected chi connectivity index (χ3v) is 4.08. The molecule has 1 N–H and O–H groups in total. The van der Waals surface area contributed by atoms with Gasteiger partial charge in [0.05, 0.1) is 17.3 Å². The predicted molar refractivity (Wildman–Crippen MR) is 86.5 cm³/mol. The first-order chi connectivity index (χ1) is 10.4. The summed E-state index contributed by atoms with van der Waals surface area (Å²) in [5.41, 5.74) is 0.168. The van der Waals surface area contributed by atoms with Crippen LogP contribution in [0.15, 0.2) is 35.3 Å². The van der Waals surface area contributed by atoms with Gasteiger partial charge in [-0.2, -0.15) is 5.10 Å². The van der Waals surface area contributed by atoms with Gasteiger partial charge in [0.25, 0.3) is 5.56 Å². The lowest BCUT2D eigenvalue weighted by atomic mass is 10.1. The van der Waals surface area contributed by atoms with Gasteiger partial charge in [0, 0.05) is 5.02 Å². The summed E-state index contributed by atoms with van der Waals surface area (Å²) in [4.78, 5) is 23.8. The van der Waals surface area contributed by atoms with Gasteiger partial charge in [0.15, 0.2) is 0 Å². The van der Waals surface area contributed by atoms with Gasteiger partial charge in [0.1, 0.15) is 11.6 Å². The number of nitrogens with one attached hydrogen (secondary N) is 1. The lowest BCUT2D eigenvalue weighted by Gasteiger charge is -2.16. The largest absolute Gasteiger partial charge is 0.348 e. The molecule has 1 aromatic heterocycles. The Morgan fingerprint density at radius 1 is 1.27 bits per heavy atom. The molecule has 0 radical (unpaired) electrons. The van der Waals surface area contributed by atoms with Crippen LogP contribution in [0.25, 0.3) is 0 Å². The van der Waals surface area contributed by atoms with Gasteiger partial charge in [-0.05, 0) is 18.6 Å². The van der Waals surface area contributed by atoms with Gasteiger partial charge in [0.2, 0.25) is 5.91 Å². The fraction of sp³-hybridized carbons (Fsp3) is 0.214. The molecular formula is C14H12Cl3N3O2. The Hall–Kier alpha value is -1.56. The number of nitrogens with zero attached hydrogens (tertiary/aromatic N) is 2. The molecule has 116 valence electrons. The normalized spacial score (nSPS) is 12.0.